The summed E-state index contributed by atoms with van der Waals surface area (Å²) in [6.45, 7) is 1.77. The van der Waals surface area contributed by atoms with Gasteiger partial charge in [0, 0.05) is 54.3 Å². The lowest BCUT2D eigenvalue weighted by Crippen LogP contribution is -2.35. The molecule has 0 unspecified atom stereocenters. The number of aromatic nitrogens is 3. The van der Waals surface area contributed by atoms with E-state index in [1.165, 1.54) is 12.1 Å². The monoisotopic (exact) mass is 473 g/mol. The highest BCUT2D eigenvalue weighted by atomic mass is 35.5. The molecular weight excluding hydrogens is 454 g/mol. The quantitative estimate of drug-likeness (QED) is 0.335. The minimum absolute atomic E-state index is 0.0297. The Balaban J connectivity index is 1.35. The zero-order valence-corrected chi connectivity index (χ0v) is 18.8. The molecule has 1 aliphatic heterocycles. The zero-order chi connectivity index (χ0) is 23.7. The highest BCUT2D eigenvalue weighted by Crippen LogP contribution is 2.24. The minimum Gasteiger partial charge on any atom is -0.306 e. The van der Waals surface area contributed by atoms with Gasteiger partial charge in [-0.15, -0.1) is 0 Å². The van der Waals surface area contributed by atoms with Crippen LogP contribution in [0.4, 0.5) is 5.69 Å². The van der Waals surface area contributed by atoms with Crippen LogP contribution < -0.4 is 5.56 Å². The first-order valence-electron chi connectivity index (χ1n) is 10.8. The SMILES string of the molecule is O=c1[nH]c(-c2ccc(Cl)cc2)nc2c1CN(Cc1cccc(-c3cccc([N+](=O)[O-])c3)n1)CC2. The van der Waals surface area contributed by atoms with Crippen LogP contribution in [-0.2, 0) is 19.5 Å². The maximum absolute atomic E-state index is 12.8. The number of fused-ring (bicyclic) bond motifs is 1. The zero-order valence-electron chi connectivity index (χ0n) is 18.1. The van der Waals surface area contributed by atoms with Crippen molar-refractivity contribution in [3.8, 4) is 22.6 Å². The highest BCUT2D eigenvalue weighted by molar-refractivity contribution is 6.30. The van der Waals surface area contributed by atoms with Crippen molar-refractivity contribution in [3.05, 3.63) is 109 Å². The number of nitro benzene ring substituents is 1. The van der Waals surface area contributed by atoms with Gasteiger partial charge in [0.15, 0.2) is 0 Å². The predicted octanol–water partition coefficient (Wildman–Crippen LogP) is 4.62. The molecule has 0 atom stereocenters. The van der Waals surface area contributed by atoms with E-state index in [4.69, 9.17) is 21.6 Å². The number of H-pyrrole nitrogens is 1. The van der Waals surface area contributed by atoms with E-state index in [1.54, 1.807) is 24.3 Å². The third kappa shape index (κ3) is 4.59. The number of aromatic amines is 1. The van der Waals surface area contributed by atoms with Crippen molar-refractivity contribution in [1.82, 2.24) is 19.9 Å². The highest BCUT2D eigenvalue weighted by Gasteiger charge is 2.22. The molecule has 3 heterocycles. The van der Waals surface area contributed by atoms with Gasteiger partial charge < -0.3 is 4.98 Å². The molecule has 34 heavy (non-hydrogen) atoms. The van der Waals surface area contributed by atoms with Crippen LogP contribution in [0.3, 0.4) is 0 Å². The van der Waals surface area contributed by atoms with E-state index in [2.05, 4.69) is 9.88 Å². The lowest BCUT2D eigenvalue weighted by molar-refractivity contribution is -0.384. The molecule has 170 valence electrons. The largest absolute Gasteiger partial charge is 0.306 e. The van der Waals surface area contributed by atoms with Gasteiger partial charge in [-0.25, -0.2) is 4.98 Å². The number of nitrogens with one attached hydrogen (secondary N) is 1. The first kappa shape index (κ1) is 21.9. The molecule has 4 aromatic rings. The van der Waals surface area contributed by atoms with Gasteiger partial charge in [0.25, 0.3) is 11.2 Å². The Morgan fingerprint density at radius 1 is 1.03 bits per heavy atom. The smallest absolute Gasteiger partial charge is 0.270 e. The Kier molecular flexibility index (Phi) is 5.91. The van der Waals surface area contributed by atoms with E-state index < -0.39 is 4.92 Å². The molecule has 5 rings (SSSR count). The number of hydrogen-bond acceptors (Lipinski definition) is 6. The number of non-ortho nitro benzene ring substituents is 1. The van der Waals surface area contributed by atoms with Crippen molar-refractivity contribution >= 4 is 17.3 Å². The average Bonchev–Trinajstić information content (AvgIpc) is 2.85. The Bertz CT molecular complexity index is 1440. The molecule has 0 spiro atoms. The van der Waals surface area contributed by atoms with Gasteiger partial charge in [-0.2, -0.15) is 0 Å². The first-order valence-corrected chi connectivity index (χ1v) is 11.2. The molecule has 0 aliphatic carbocycles. The van der Waals surface area contributed by atoms with Crippen LogP contribution in [0.2, 0.25) is 5.02 Å². The van der Waals surface area contributed by atoms with E-state index in [0.29, 0.717) is 47.2 Å². The molecule has 0 saturated heterocycles. The number of halogens is 1. The molecule has 0 saturated carbocycles. The lowest BCUT2D eigenvalue weighted by Gasteiger charge is -2.27. The number of rotatable bonds is 5. The third-order valence-corrected chi connectivity index (χ3v) is 6.06. The van der Waals surface area contributed by atoms with Crippen LogP contribution in [0.1, 0.15) is 17.0 Å². The van der Waals surface area contributed by atoms with Gasteiger partial charge in [0.1, 0.15) is 5.82 Å². The fourth-order valence-corrected chi connectivity index (χ4v) is 4.22. The molecular formula is C25H20ClN5O3. The van der Waals surface area contributed by atoms with E-state index in [-0.39, 0.29) is 11.2 Å². The topological polar surface area (TPSA) is 105 Å². The van der Waals surface area contributed by atoms with Crippen molar-refractivity contribution in [2.24, 2.45) is 0 Å². The van der Waals surface area contributed by atoms with Crippen LogP contribution in [0.5, 0.6) is 0 Å². The number of nitro groups is 1. The fourth-order valence-electron chi connectivity index (χ4n) is 4.10. The molecule has 0 radical (unpaired) electrons. The summed E-state index contributed by atoms with van der Waals surface area (Å²) in [6.07, 6.45) is 0.657. The predicted molar refractivity (Wildman–Crippen MR) is 129 cm³/mol. The Morgan fingerprint density at radius 2 is 1.82 bits per heavy atom. The summed E-state index contributed by atoms with van der Waals surface area (Å²) in [5.74, 6) is 0.542. The van der Waals surface area contributed by atoms with Gasteiger partial charge in [-0.05, 0) is 36.4 Å². The maximum atomic E-state index is 12.8. The van der Waals surface area contributed by atoms with Crippen LogP contribution in [-0.4, -0.2) is 31.3 Å². The van der Waals surface area contributed by atoms with Crippen molar-refractivity contribution < 1.29 is 4.92 Å². The Hall–Kier alpha value is -3.88. The molecule has 1 aliphatic rings. The molecule has 1 N–H and O–H groups in total. The fraction of sp³-hybridized carbons (Fsp3) is 0.160. The van der Waals surface area contributed by atoms with Gasteiger partial charge in [-0.3, -0.25) is 24.8 Å². The summed E-state index contributed by atoms with van der Waals surface area (Å²) in [7, 11) is 0. The number of nitrogens with zero attached hydrogens (tertiary/aromatic N) is 4. The number of pyridine rings is 1. The molecule has 8 nitrogen and oxygen atoms in total. The van der Waals surface area contributed by atoms with Crippen molar-refractivity contribution in [2.45, 2.75) is 19.5 Å². The molecule has 2 aromatic heterocycles. The average molecular weight is 474 g/mol. The normalized spacial score (nSPS) is 13.4. The van der Waals surface area contributed by atoms with Crippen LogP contribution >= 0.6 is 11.6 Å². The van der Waals surface area contributed by atoms with Gasteiger partial charge >= 0.3 is 0 Å². The molecule has 0 fully saturated rings. The molecule has 0 bridgehead atoms. The standard InChI is InChI=1S/C25H20ClN5O3/c26-18-9-7-16(8-10-18)24-28-23-11-12-30(15-21(23)25(32)29-24)14-19-4-2-6-22(27-19)17-3-1-5-20(13-17)31(33)34/h1-10,13H,11-12,14-15H2,(H,28,29,32). The summed E-state index contributed by atoms with van der Waals surface area (Å²) in [5, 5.41) is 11.7. The summed E-state index contributed by atoms with van der Waals surface area (Å²) < 4.78 is 0. The number of hydrogen-bond donors (Lipinski definition) is 1. The van der Waals surface area contributed by atoms with E-state index >= 15 is 0 Å². The van der Waals surface area contributed by atoms with Crippen LogP contribution in [0.15, 0.2) is 71.5 Å². The second-order valence-electron chi connectivity index (χ2n) is 8.13. The van der Waals surface area contributed by atoms with Crippen molar-refractivity contribution in [2.75, 3.05) is 6.54 Å². The van der Waals surface area contributed by atoms with Gasteiger partial charge in [-0.1, -0.05) is 29.8 Å². The summed E-state index contributed by atoms with van der Waals surface area (Å²) in [5.41, 5.74) is 4.37. The van der Waals surface area contributed by atoms with Crippen LogP contribution in [0.25, 0.3) is 22.6 Å². The second kappa shape index (κ2) is 9.17. The van der Waals surface area contributed by atoms with E-state index in [0.717, 1.165) is 23.5 Å². The summed E-state index contributed by atoms with van der Waals surface area (Å²) in [4.78, 5) is 38.0. The van der Waals surface area contributed by atoms with Crippen molar-refractivity contribution in [1.29, 1.82) is 0 Å². The molecule has 0 amide bonds. The van der Waals surface area contributed by atoms with Crippen LogP contribution in [0, 0.1) is 10.1 Å². The first-order chi connectivity index (χ1) is 16.5. The second-order valence-corrected chi connectivity index (χ2v) is 8.57. The van der Waals surface area contributed by atoms with Gasteiger partial charge in [0.05, 0.1) is 27.6 Å². The Morgan fingerprint density at radius 3 is 2.62 bits per heavy atom. The minimum atomic E-state index is -0.414. The van der Waals surface area contributed by atoms with Gasteiger partial charge in [0.2, 0.25) is 0 Å². The molecule has 2 aromatic carbocycles. The maximum Gasteiger partial charge on any atom is 0.270 e. The lowest BCUT2D eigenvalue weighted by atomic mass is 10.1. The van der Waals surface area contributed by atoms with Crippen molar-refractivity contribution in [3.63, 3.8) is 0 Å². The summed E-state index contributed by atoms with van der Waals surface area (Å²) in [6, 6.07) is 19.3. The number of benzene rings is 2. The molecule has 9 heteroatoms. The Labute approximate surface area is 200 Å². The van der Waals surface area contributed by atoms with E-state index in [1.807, 2.05) is 30.3 Å². The van der Waals surface area contributed by atoms with E-state index in [9.17, 15) is 14.9 Å². The summed E-state index contributed by atoms with van der Waals surface area (Å²) >= 11 is 5.96. The third-order valence-electron chi connectivity index (χ3n) is 5.81.